The van der Waals surface area contributed by atoms with E-state index in [1.165, 1.54) is 17.3 Å². The monoisotopic (exact) mass is 262 g/mol. The summed E-state index contributed by atoms with van der Waals surface area (Å²) in [5.74, 6) is 1.67. The molecule has 18 heavy (non-hydrogen) atoms. The van der Waals surface area contributed by atoms with Crippen LogP contribution in [0, 0.1) is 0 Å². The van der Waals surface area contributed by atoms with Crippen molar-refractivity contribution in [3.8, 4) is 0 Å². The zero-order valence-electron chi connectivity index (χ0n) is 10.7. The zero-order chi connectivity index (χ0) is 13.5. The molecule has 3 nitrogen and oxygen atoms in total. The molecule has 0 radical (unpaired) electrons. The normalized spacial score (nSPS) is 9.67. The van der Waals surface area contributed by atoms with Crippen LogP contribution < -0.4 is 11.1 Å². The third-order valence-electron chi connectivity index (χ3n) is 2.52. The van der Waals surface area contributed by atoms with Crippen molar-refractivity contribution in [3.05, 3.63) is 40.9 Å². The summed E-state index contributed by atoms with van der Waals surface area (Å²) in [6, 6.07) is 6.17. The van der Waals surface area contributed by atoms with Crippen LogP contribution in [0.1, 0.15) is 18.9 Å². The number of rotatable bonds is 6. The Balaban J connectivity index is 3.03. The summed E-state index contributed by atoms with van der Waals surface area (Å²) in [7, 11) is 1.87. The summed E-state index contributed by atoms with van der Waals surface area (Å²) < 4.78 is 0. The second-order valence-corrected chi connectivity index (χ2v) is 5.00. The topological polar surface area (TPSA) is 55.1 Å². The summed E-state index contributed by atoms with van der Waals surface area (Å²) in [5, 5.41) is 3.09. The fourth-order valence-electron chi connectivity index (χ4n) is 1.53. The van der Waals surface area contributed by atoms with Gasteiger partial charge in [-0.25, -0.2) is 4.79 Å². The third kappa shape index (κ3) is 3.69. The molecule has 0 unspecified atom stereocenters. The van der Waals surface area contributed by atoms with Crippen molar-refractivity contribution >= 4 is 23.4 Å². The number of carbonyl (C=O) groups excluding carboxylic acids is 1. The van der Waals surface area contributed by atoms with Gasteiger partial charge in [-0.2, -0.15) is 0 Å². The minimum Gasteiger partial charge on any atom is -0.389 e. The Hall–Kier alpha value is -1.64. The van der Waals surface area contributed by atoms with Gasteiger partial charge < -0.3 is 11.1 Å². The first-order valence-electron chi connectivity index (χ1n) is 5.80. The molecule has 0 amide bonds. The van der Waals surface area contributed by atoms with Crippen LogP contribution in [-0.4, -0.2) is 13.0 Å². The minimum absolute atomic E-state index is 0.0670. The fourth-order valence-corrected chi connectivity index (χ4v) is 2.43. The summed E-state index contributed by atoms with van der Waals surface area (Å²) in [5.41, 5.74) is 7.85. The van der Waals surface area contributed by atoms with E-state index < -0.39 is 0 Å². The maximum Gasteiger partial charge on any atom is 0.151 e. The number of anilines is 1. The van der Waals surface area contributed by atoms with Crippen molar-refractivity contribution < 1.29 is 4.79 Å². The standard InChI is InChI=1S/C14H18N2OS/c1-4-5-11-6-7-12(16-3)8-14(11)18-10(2)13(15)9-17/h6-8,16H,2,4-5,15H2,1,3H3. The Bertz CT molecular complexity index is 491. The van der Waals surface area contributed by atoms with Crippen LogP contribution in [0.4, 0.5) is 5.69 Å². The first-order chi connectivity index (χ1) is 8.62. The number of nitrogens with two attached hydrogens (primary N) is 1. The van der Waals surface area contributed by atoms with E-state index in [9.17, 15) is 4.79 Å². The molecule has 3 N–H and O–H groups in total. The fraction of sp³-hybridized carbons (Fsp3) is 0.286. The second kappa shape index (κ2) is 6.94. The maximum atomic E-state index is 10.5. The van der Waals surface area contributed by atoms with Crippen molar-refractivity contribution in [1.29, 1.82) is 0 Å². The minimum atomic E-state index is 0.0670. The van der Waals surface area contributed by atoms with Gasteiger partial charge >= 0.3 is 0 Å². The van der Waals surface area contributed by atoms with Gasteiger partial charge in [0.1, 0.15) is 5.70 Å². The summed E-state index contributed by atoms with van der Waals surface area (Å²) >= 11 is 1.41. The van der Waals surface area contributed by atoms with Gasteiger partial charge in [-0.1, -0.05) is 37.8 Å². The van der Waals surface area contributed by atoms with E-state index in [2.05, 4.69) is 24.9 Å². The van der Waals surface area contributed by atoms with Crippen LogP contribution in [0.5, 0.6) is 0 Å². The molecular weight excluding hydrogens is 244 g/mol. The van der Waals surface area contributed by atoms with Gasteiger partial charge in [0.05, 0.1) is 0 Å². The molecule has 0 bridgehead atoms. The Labute approximate surface area is 112 Å². The summed E-state index contributed by atoms with van der Waals surface area (Å²) in [6.07, 6.45) is 2.06. The van der Waals surface area contributed by atoms with Gasteiger partial charge in [0.15, 0.2) is 5.94 Å². The molecule has 0 aliphatic heterocycles. The molecule has 0 aliphatic rings. The highest BCUT2D eigenvalue weighted by Crippen LogP contribution is 2.33. The summed E-state index contributed by atoms with van der Waals surface area (Å²) in [4.78, 5) is 12.1. The van der Waals surface area contributed by atoms with Crippen LogP contribution in [0.2, 0.25) is 0 Å². The van der Waals surface area contributed by atoms with Crippen molar-refractivity contribution in [1.82, 2.24) is 0 Å². The number of benzene rings is 1. The third-order valence-corrected chi connectivity index (χ3v) is 3.58. The van der Waals surface area contributed by atoms with E-state index in [1.54, 1.807) is 5.94 Å². The number of hydrogen-bond acceptors (Lipinski definition) is 4. The number of thioether (sulfide) groups is 1. The zero-order valence-corrected chi connectivity index (χ0v) is 11.6. The highest BCUT2D eigenvalue weighted by atomic mass is 32.2. The molecule has 1 aromatic carbocycles. The maximum absolute atomic E-state index is 10.5. The number of hydrogen-bond donors (Lipinski definition) is 2. The molecule has 0 fully saturated rings. The smallest absolute Gasteiger partial charge is 0.151 e. The van der Waals surface area contributed by atoms with Gasteiger partial charge in [-0.3, -0.25) is 0 Å². The Morgan fingerprint density at radius 1 is 1.56 bits per heavy atom. The van der Waals surface area contributed by atoms with Crippen LogP contribution >= 0.6 is 11.8 Å². The first-order valence-corrected chi connectivity index (χ1v) is 6.62. The predicted molar refractivity (Wildman–Crippen MR) is 78.4 cm³/mol. The van der Waals surface area contributed by atoms with Crippen molar-refractivity contribution in [2.45, 2.75) is 24.7 Å². The lowest BCUT2D eigenvalue weighted by atomic mass is 10.1. The molecule has 0 saturated heterocycles. The van der Waals surface area contributed by atoms with Crippen LogP contribution in [0.15, 0.2) is 40.3 Å². The average Bonchev–Trinajstić information content (AvgIpc) is 2.39. The first kappa shape index (κ1) is 14.4. The van der Waals surface area contributed by atoms with Crippen LogP contribution in [0.25, 0.3) is 0 Å². The highest BCUT2D eigenvalue weighted by Gasteiger charge is 2.08. The Morgan fingerprint density at radius 2 is 2.28 bits per heavy atom. The molecule has 0 aromatic heterocycles. The second-order valence-electron chi connectivity index (χ2n) is 3.86. The molecule has 1 rings (SSSR count). The molecule has 1 aromatic rings. The SMILES string of the molecule is C=C(Sc1cc(NC)ccc1CCC)C(N)=C=O. The molecule has 0 heterocycles. The van der Waals surface area contributed by atoms with E-state index in [0.29, 0.717) is 4.91 Å². The van der Waals surface area contributed by atoms with Crippen LogP contribution in [0.3, 0.4) is 0 Å². The van der Waals surface area contributed by atoms with Crippen molar-refractivity contribution in [3.63, 3.8) is 0 Å². The Morgan fingerprint density at radius 3 is 2.83 bits per heavy atom. The van der Waals surface area contributed by atoms with Gasteiger partial charge in [0, 0.05) is 22.5 Å². The van der Waals surface area contributed by atoms with Crippen LogP contribution in [-0.2, 0) is 11.2 Å². The molecule has 0 atom stereocenters. The van der Waals surface area contributed by atoms with Crippen molar-refractivity contribution in [2.75, 3.05) is 12.4 Å². The number of aryl methyl sites for hydroxylation is 1. The quantitative estimate of drug-likeness (QED) is 0.470. The summed E-state index contributed by atoms with van der Waals surface area (Å²) in [6.45, 7) is 5.93. The molecule has 0 aliphatic carbocycles. The lowest BCUT2D eigenvalue weighted by molar-refractivity contribution is 0.567. The van der Waals surface area contributed by atoms with Gasteiger partial charge in [0.25, 0.3) is 0 Å². The molecular formula is C14H18N2OS. The lowest BCUT2D eigenvalue weighted by Crippen LogP contribution is -1.99. The van der Waals surface area contributed by atoms with E-state index in [1.807, 2.05) is 19.2 Å². The molecule has 4 heteroatoms. The average molecular weight is 262 g/mol. The van der Waals surface area contributed by atoms with Gasteiger partial charge in [0.2, 0.25) is 0 Å². The lowest BCUT2D eigenvalue weighted by Gasteiger charge is -2.11. The Kier molecular flexibility index (Phi) is 5.56. The van der Waals surface area contributed by atoms with E-state index >= 15 is 0 Å². The molecule has 0 spiro atoms. The van der Waals surface area contributed by atoms with Gasteiger partial charge in [-0.05, 0) is 24.1 Å². The highest BCUT2D eigenvalue weighted by molar-refractivity contribution is 8.03. The van der Waals surface area contributed by atoms with E-state index in [0.717, 1.165) is 23.4 Å². The molecule has 96 valence electrons. The predicted octanol–water partition coefficient (Wildman–Crippen LogP) is 2.96. The molecule has 0 saturated carbocycles. The van der Waals surface area contributed by atoms with E-state index in [4.69, 9.17) is 5.73 Å². The van der Waals surface area contributed by atoms with Crippen molar-refractivity contribution in [2.24, 2.45) is 5.73 Å². The van der Waals surface area contributed by atoms with E-state index in [-0.39, 0.29) is 5.70 Å². The van der Waals surface area contributed by atoms with Gasteiger partial charge in [-0.15, -0.1) is 0 Å². The number of nitrogens with one attached hydrogen (secondary N) is 1. The largest absolute Gasteiger partial charge is 0.389 e.